The van der Waals surface area contributed by atoms with Gasteiger partial charge in [0.25, 0.3) is 5.91 Å². The summed E-state index contributed by atoms with van der Waals surface area (Å²) in [5, 5.41) is 1.87. The Labute approximate surface area is 128 Å². The zero-order valence-corrected chi connectivity index (χ0v) is 13.5. The molecule has 1 aliphatic heterocycles. The summed E-state index contributed by atoms with van der Waals surface area (Å²) in [6.45, 7) is 9.55. The lowest BCUT2D eigenvalue weighted by atomic mass is 10.2. The number of likely N-dealkylation sites (N-methyl/N-ethyl adjacent to an activating group) is 1. The summed E-state index contributed by atoms with van der Waals surface area (Å²) in [6.07, 6.45) is 0. The first-order valence-corrected chi connectivity index (χ1v) is 8.10. The van der Waals surface area contributed by atoms with Gasteiger partial charge in [-0.1, -0.05) is 6.92 Å². The van der Waals surface area contributed by atoms with Crippen LogP contribution in [0.2, 0.25) is 0 Å². The van der Waals surface area contributed by atoms with Gasteiger partial charge < -0.3 is 9.64 Å². The third-order valence-corrected chi connectivity index (χ3v) is 4.45. The molecule has 0 spiro atoms. The molecule has 0 saturated carbocycles. The smallest absolute Gasteiger partial charge is 0.367 e. The molecule has 21 heavy (non-hydrogen) atoms. The van der Waals surface area contributed by atoms with Crippen molar-refractivity contribution in [3.05, 3.63) is 16.1 Å². The summed E-state index contributed by atoms with van der Waals surface area (Å²) in [6, 6.07) is 0.343. The van der Waals surface area contributed by atoms with Gasteiger partial charge in [-0.3, -0.25) is 9.69 Å². The lowest BCUT2D eigenvalue weighted by molar-refractivity contribution is 0.0518. The molecule has 1 aromatic heterocycles. The van der Waals surface area contributed by atoms with Gasteiger partial charge in [0, 0.05) is 31.1 Å². The minimum Gasteiger partial charge on any atom is -0.461 e. The van der Waals surface area contributed by atoms with Crippen LogP contribution < -0.4 is 0 Å². The van der Waals surface area contributed by atoms with E-state index in [4.69, 9.17) is 4.74 Å². The van der Waals surface area contributed by atoms with Crippen molar-refractivity contribution < 1.29 is 14.3 Å². The van der Waals surface area contributed by atoms with Gasteiger partial charge in [0.05, 0.1) is 6.61 Å². The van der Waals surface area contributed by atoms with Gasteiger partial charge in [0.15, 0.2) is 0 Å². The predicted octanol–water partition coefficient (Wildman–Crippen LogP) is 1.49. The van der Waals surface area contributed by atoms with Crippen LogP contribution in [0.5, 0.6) is 0 Å². The van der Waals surface area contributed by atoms with Crippen LogP contribution in [0.15, 0.2) is 5.38 Å². The van der Waals surface area contributed by atoms with E-state index >= 15 is 0 Å². The van der Waals surface area contributed by atoms with Crippen LogP contribution in [0, 0.1) is 0 Å². The SMILES string of the molecule is CCOC(=O)c1nc(C(=O)N2CCN(CC)C(C)C2)cs1. The number of ether oxygens (including phenoxy) is 1. The predicted molar refractivity (Wildman–Crippen MR) is 80.7 cm³/mol. The Balaban J connectivity index is 2.02. The lowest BCUT2D eigenvalue weighted by Crippen LogP contribution is -2.53. The highest BCUT2D eigenvalue weighted by atomic mass is 32.1. The molecule has 1 atom stereocenters. The molecular formula is C14H21N3O3S. The van der Waals surface area contributed by atoms with Crippen molar-refractivity contribution in [1.29, 1.82) is 0 Å². The summed E-state index contributed by atoms with van der Waals surface area (Å²) < 4.78 is 4.89. The molecule has 6 nitrogen and oxygen atoms in total. The molecule has 0 aromatic carbocycles. The maximum absolute atomic E-state index is 12.4. The molecule has 116 valence electrons. The first-order valence-electron chi connectivity index (χ1n) is 7.22. The van der Waals surface area contributed by atoms with Crippen LogP contribution in [-0.4, -0.2) is 65.5 Å². The fraction of sp³-hybridized carbons (Fsp3) is 0.643. The van der Waals surface area contributed by atoms with Crippen molar-refractivity contribution in [2.45, 2.75) is 26.8 Å². The number of piperazine rings is 1. The normalized spacial score (nSPS) is 19.6. The number of aromatic nitrogens is 1. The first kappa shape index (κ1) is 15.9. The van der Waals surface area contributed by atoms with Gasteiger partial charge in [-0.2, -0.15) is 0 Å². The van der Waals surface area contributed by atoms with Crippen molar-refractivity contribution in [2.24, 2.45) is 0 Å². The number of thiazole rings is 1. The van der Waals surface area contributed by atoms with Crippen LogP contribution in [0.25, 0.3) is 0 Å². The molecule has 2 rings (SSSR count). The molecular weight excluding hydrogens is 290 g/mol. The fourth-order valence-electron chi connectivity index (χ4n) is 2.47. The summed E-state index contributed by atoms with van der Waals surface area (Å²) in [5.41, 5.74) is 0.334. The van der Waals surface area contributed by atoms with Crippen molar-refractivity contribution in [1.82, 2.24) is 14.8 Å². The van der Waals surface area contributed by atoms with Crippen molar-refractivity contribution in [2.75, 3.05) is 32.8 Å². The molecule has 2 heterocycles. The molecule has 7 heteroatoms. The van der Waals surface area contributed by atoms with Crippen molar-refractivity contribution in [3.63, 3.8) is 0 Å². The van der Waals surface area contributed by atoms with E-state index in [0.717, 1.165) is 24.4 Å². The molecule has 0 bridgehead atoms. The Morgan fingerprint density at radius 2 is 2.19 bits per heavy atom. The van der Waals surface area contributed by atoms with Gasteiger partial charge in [0.1, 0.15) is 5.69 Å². The second kappa shape index (κ2) is 7.00. The van der Waals surface area contributed by atoms with Crippen molar-refractivity contribution >= 4 is 23.2 Å². The maximum Gasteiger partial charge on any atom is 0.367 e. The maximum atomic E-state index is 12.4. The van der Waals surface area contributed by atoms with Crippen LogP contribution in [-0.2, 0) is 4.74 Å². The number of amides is 1. The van der Waals surface area contributed by atoms with Gasteiger partial charge in [0.2, 0.25) is 5.01 Å². The van der Waals surface area contributed by atoms with E-state index in [1.165, 1.54) is 0 Å². The van der Waals surface area contributed by atoms with Gasteiger partial charge in [-0.05, 0) is 20.4 Å². The quantitative estimate of drug-likeness (QED) is 0.788. The molecule has 0 radical (unpaired) electrons. The monoisotopic (exact) mass is 311 g/mol. The third-order valence-electron chi connectivity index (χ3n) is 3.63. The zero-order valence-electron chi connectivity index (χ0n) is 12.7. The number of esters is 1. The number of rotatable bonds is 4. The first-order chi connectivity index (χ1) is 10.1. The lowest BCUT2D eigenvalue weighted by Gasteiger charge is -2.39. The molecule has 1 saturated heterocycles. The van der Waals surface area contributed by atoms with E-state index in [2.05, 4.69) is 23.7 Å². The Morgan fingerprint density at radius 1 is 1.43 bits per heavy atom. The number of carbonyl (C=O) groups excluding carboxylic acids is 2. The van der Waals surface area contributed by atoms with Gasteiger partial charge in [-0.15, -0.1) is 11.3 Å². The third kappa shape index (κ3) is 3.59. The van der Waals surface area contributed by atoms with Crippen molar-refractivity contribution in [3.8, 4) is 0 Å². The molecule has 1 aliphatic rings. The van der Waals surface area contributed by atoms with Crippen LogP contribution in [0.3, 0.4) is 0 Å². The average molecular weight is 311 g/mol. The Morgan fingerprint density at radius 3 is 2.81 bits per heavy atom. The highest BCUT2D eigenvalue weighted by Crippen LogP contribution is 2.16. The Kier molecular flexibility index (Phi) is 5.30. The molecule has 0 aliphatic carbocycles. The van der Waals surface area contributed by atoms with Crippen LogP contribution in [0.4, 0.5) is 0 Å². The van der Waals surface area contributed by atoms with Gasteiger partial charge >= 0.3 is 5.97 Å². The summed E-state index contributed by atoms with van der Waals surface area (Å²) >= 11 is 1.15. The van der Waals surface area contributed by atoms with E-state index < -0.39 is 5.97 Å². The Hall–Kier alpha value is -1.47. The fourth-order valence-corrected chi connectivity index (χ4v) is 3.15. The number of carbonyl (C=O) groups is 2. The van der Waals surface area contributed by atoms with Crippen LogP contribution >= 0.6 is 11.3 Å². The molecule has 0 N–H and O–H groups in total. The molecule has 1 unspecified atom stereocenters. The Bertz CT molecular complexity index is 517. The van der Waals surface area contributed by atoms with Crippen LogP contribution in [0.1, 0.15) is 41.1 Å². The second-order valence-corrected chi connectivity index (χ2v) is 5.85. The highest BCUT2D eigenvalue weighted by Gasteiger charge is 2.28. The standard InChI is InChI=1S/C14H21N3O3S/c1-4-16-6-7-17(8-10(16)3)13(18)11-9-21-12(15-11)14(19)20-5-2/h9-10H,4-8H2,1-3H3. The van der Waals surface area contributed by atoms with E-state index in [0.29, 0.717) is 31.4 Å². The van der Waals surface area contributed by atoms with E-state index in [-0.39, 0.29) is 10.9 Å². The molecule has 1 amide bonds. The number of hydrogen-bond donors (Lipinski definition) is 0. The zero-order chi connectivity index (χ0) is 15.4. The van der Waals surface area contributed by atoms with E-state index in [1.54, 1.807) is 17.2 Å². The molecule has 1 aromatic rings. The van der Waals surface area contributed by atoms with E-state index in [1.807, 2.05) is 0 Å². The molecule has 1 fully saturated rings. The largest absolute Gasteiger partial charge is 0.461 e. The van der Waals surface area contributed by atoms with Gasteiger partial charge in [-0.25, -0.2) is 9.78 Å². The minimum absolute atomic E-state index is 0.107. The van der Waals surface area contributed by atoms with E-state index in [9.17, 15) is 9.59 Å². The minimum atomic E-state index is -0.467. The summed E-state index contributed by atoms with van der Waals surface area (Å²) in [4.78, 5) is 32.3. The second-order valence-electron chi connectivity index (χ2n) is 4.99. The summed E-state index contributed by atoms with van der Waals surface area (Å²) in [7, 11) is 0. The number of hydrogen-bond acceptors (Lipinski definition) is 6. The summed E-state index contributed by atoms with van der Waals surface area (Å²) in [5.74, 6) is -0.574. The number of nitrogens with zero attached hydrogens (tertiary/aromatic N) is 3. The topological polar surface area (TPSA) is 62.7 Å². The highest BCUT2D eigenvalue weighted by molar-refractivity contribution is 7.11. The average Bonchev–Trinajstić information content (AvgIpc) is 2.96.